The minimum Gasteiger partial charge on any atom is -0.193 e. The normalized spacial score (nSPS) is 17.7. The van der Waals surface area contributed by atoms with Crippen molar-refractivity contribution >= 4 is 17.4 Å². The molecule has 0 bridgehead atoms. The molecule has 0 saturated heterocycles. The number of aryl methyl sites for hydroxylation is 2. The maximum atomic E-state index is 9.73. The van der Waals surface area contributed by atoms with Crippen molar-refractivity contribution in [3.8, 4) is 24.3 Å². The second-order valence-electron chi connectivity index (χ2n) is 6.79. The maximum absolute atomic E-state index is 9.73. The zero-order chi connectivity index (χ0) is 21.7. The van der Waals surface area contributed by atoms with Crippen molar-refractivity contribution in [2.75, 3.05) is 0 Å². The molecule has 0 saturated carbocycles. The average molecular weight is 404 g/mol. The van der Waals surface area contributed by atoms with Crippen LogP contribution in [0.15, 0.2) is 64.9 Å². The third-order valence-corrected chi connectivity index (χ3v) is 6.02. The van der Waals surface area contributed by atoms with E-state index in [4.69, 9.17) is 0 Å². The molecule has 0 fully saturated rings. The summed E-state index contributed by atoms with van der Waals surface area (Å²) in [6.07, 6.45) is 4.35. The molecule has 2 aromatic rings. The van der Waals surface area contributed by atoms with Gasteiger partial charge in [-0.1, -0.05) is 24.3 Å². The summed E-state index contributed by atoms with van der Waals surface area (Å²) in [6.45, 7) is 4.06. The molecule has 2 unspecified atom stereocenters. The smallest absolute Gasteiger partial charge is 0.0964 e. The minimum absolute atomic E-state index is 0.288. The molecule has 2 atom stereocenters. The third-order valence-electron chi connectivity index (χ3n) is 5.03. The monoisotopic (exact) mass is 404 g/mol. The van der Waals surface area contributed by atoms with E-state index >= 15 is 0 Å². The van der Waals surface area contributed by atoms with Gasteiger partial charge in [0.25, 0.3) is 0 Å². The Morgan fingerprint density at radius 3 is 1.83 bits per heavy atom. The van der Waals surface area contributed by atoms with Crippen LogP contribution in [0, 0.1) is 59.2 Å². The van der Waals surface area contributed by atoms with Gasteiger partial charge in [-0.15, -0.1) is 17.1 Å². The predicted octanol–water partition coefficient (Wildman–Crippen LogP) is 5.73. The lowest BCUT2D eigenvalue weighted by molar-refractivity contribution is 0.919. The summed E-state index contributed by atoms with van der Waals surface area (Å²) in [6, 6.07) is 17.8. The predicted molar refractivity (Wildman–Crippen MR) is 116 cm³/mol. The molecule has 4 nitrogen and oxygen atoms in total. The van der Waals surface area contributed by atoms with Crippen molar-refractivity contribution in [1.82, 2.24) is 0 Å². The van der Waals surface area contributed by atoms with Crippen LogP contribution in [0.4, 0.5) is 0 Å². The largest absolute Gasteiger partial charge is 0.193 e. The van der Waals surface area contributed by atoms with Crippen LogP contribution >= 0.6 is 11.3 Å². The Hall–Kier alpha value is -4.12. The molecule has 1 aromatic carbocycles. The first-order chi connectivity index (χ1) is 14.5. The van der Waals surface area contributed by atoms with Crippen molar-refractivity contribution in [3.63, 3.8) is 0 Å². The maximum Gasteiger partial charge on any atom is 0.0964 e. The van der Waals surface area contributed by atoms with Crippen LogP contribution in [0.3, 0.4) is 0 Å². The lowest BCUT2D eigenvalue weighted by atomic mass is 9.85. The van der Waals surface area contributed by atoms with Gasteiger partial charge in [-0.25, -0.2) is 0 Å². The SMILES string of the molecule is Cc1cc(C=C=C2C(C(C#N)=CC#N)c3ccccc3C2C(C#N)=CC#N)c(C)s1. The number of rotatable bonds is 3. The molecule has 5 heteroatoms. The molecule has 1 heterocycles. The highest BCUT2D eigenvalue weighted by Gasteiger charge is 2.40. The molecule has 0 spiro atoms. The van der Waals surface area contributed by atoms with E-state index in [1.807, 2.05) is 56.3 Å². The Balaban J connectivity index is 2.36. The molecule has 142 valence electrons. The minimum atomic E-state index is -0.498. The van der Waals surface area contributed by atoms with Crippen molar-refractivity contribution in [1.29, 1.82) is 21.0 Å². The van der Waals surface area contributed by atoms with E-state index in [9.17, 15) is 21.0 Å². The van der Waals surface area contributed by atoms with Gasteiger partial charge >= 0.3 is 0 Å². The van der Waals surface area contributed by atoms with Gasteiger partial charge in [-0.05, 0) is 48.3 Å². The van der Waals surface area contributed by atoms with Crippen LogP contribution in [0.25, 0.3) is 6.08 Å². The van der Waals surface area contributed by atoms with E-state index in [-0.39, 0.29) is 11.1 Å². The number of hydrogen-bond acceptors (Lipinski definition) is 5. The van der Waals surface area contributed by atoms with E-state index in [1.54, 1.807) is 11.3 Å². The molecule has 3 rings (SSSR count). The van der Waals surface area contributed by atoms with E-state index in [0.717, 1.165) is 21.6 Å². The highest BCUT2D eigenvalue weighted by Crippen LogP contribution is 2.51. The summed E-state index contributed by atoms with van der Waals surface area (Å²) in [5, 5.41) is 37.8. The molecular weight excluding hydrogens is 388 g/mol. The summed E-state index contributed by atoms with van der Waals surface area (Å²) < 4.78 is 0. The first-order valence-electron chi connectivity index (χ1n) is 9.17. The number of fused-ring (bicyclic) bond motifs is 1. The molecular formula is C25H16N4S. The fourth-order valence-electron chi connectivity index (χ4n) is 3.83. The van der Waals surface area contributed by atoms with Gasteiger partial charge in [-0.2, -0.15) is 21.0 Å². The van der Waals surface area contributed by atoms with Gasteiger partial charge in [0.05, 0.1) is 35.4 Å². The molecule has 0 amide bonds. The zero-order valence-corrected chi connectivity index (χ0v) is 17.3. The van der Waals surface area contributed by atoms with Gasteiger partial charge in [0, 0.05) is 33.7 Å². The summed E-state index contributed by atoms with van der Waals surface area (Å²) in [4.78, 5) is 2.32. The highest BCUT2D eigenvalue weighted by molar-refractivity contribution is 7.12. The summed E-state index contributed by atoms with van der Waals surface area (Å²) in [7, 11) is 0. The summed E-state index contributed by atoms with van der Waals surface area (Å²) >= 11 is 1.68. The molecule has 30 heavy (non-hydrogen) atoms. The third kappa shape index (κ3) is 3.73. The Labute approximate surface area is 179 Å². The molecule has 1 aliphatic carbocycles. The van der Waals surface area contributed by atoms with Crippen LogP contribution in [-0.4, -0.2) is 0 Å². The van der Waals surface area contributed by atoms with E-state index in [2.05, 4.69) is 23.9 Å². The van der Waals surface area contributed by atoms with Gasteiger partial charge in [-0.3, -0.25) is 0 Å². The molecule has 0 aliphatic heterocycles. The molecule has 0 N–H and O–H groups in total. The van der Waals surface area contributed by atoms with E-state index in [0.29, 0.717) is 5.57 Å². The topological polar surface area (TPSA) is 95.2 Å². The second kappa shape index (κ2) is 8.92. The number of benzene rings is 1. The van der Waals surface area contributed by atoms with Gasteiger partial charge in [0.1, 0.15) is 0 Å². The number of thiophene rings is 1. The fraction of sp³-hybridized carbons (Fsp3) is 0.160. The molecule has 1 aromatic heterocycles. The Morgan fingerprint density at radius 1 is 0.900 bits per heavy atom. The molecule has 1 aliphatic rings. The van der Waals surface area contributed by atoms with Gasteiger partial charge < -0.3 is 0 Å². The van der Waals surface area contributed by atoms with E-state index < -0.39 is 11.8 Å². The van der Waals surface area contributed by atoms with Crippen LogP contribution < -0.4 is 0 Å². The standard InChI is InChI=1S/C25H16N4S/c1-16-13-18(17(2)30-16)7-8-23-24(19(14-28)9-11-26)21-5-3-4-6-22(21)25(23)20(15-29)10-12-27/h3-7,9-10,13,24-25H,1-2H3. The Morgan fingerprint density at radius 2 is 1.43 bits per heavy atom. The fourth-order valence-corrected chi connectivity index (χ4v) is 4.73. The summed E-state index contributed by atoms with van der Waals surface area (Å²) in [5.41, 5.74) is 7.31. The van der Waals surface area contributed by atoms with Crippen LogP contribution in [-0.2, 0) is 0 Å². The van der Waals surface area contributed by atoms with E-state index in [1.165, 1.54) is 17.0 Å². The second-order valence-corrected chi connectivity index (χ2v) is 8.25. The lowest BCUT2D eigenvalue weighted by Crippen LogP contribution is -2.03. The summed E-state index contributed by atoms with van der Waals surface area (Å²) in [5.74, 6) is -0.995. The van der Waals surface area contributed by atoms with Gasteiger partial charge in [0.2, 0.25) is 0 Å². The number of nitriles is 4. The first kappa shape index (κ1) is 20.6. The van der Waals surface area contributed by atoms with Crippen LogP contribution in [0.2, 0.25) is 0 Å². The Kier molecular flexibility index (Phi) is 6.13. The van der Waals surface area contributed by atoms with Crippen LogP contribution in [0.1, 0.15) is 38.3 Å². The number of hydrogen-bond donors (Lipinski definition) is 0. The average Bonchev–Trinajstić information content (AvgIpc) is 3.24. The molecule has 0 radical (unpaired) electrons. The van der Waals surface area contributed by atoms with Crippen molar-refractivity contribution in [2.24, 2.45) is 0 Å². The first-order valence-corrected chi connectivity index (χ1v) is 9.99. The highest BCUT2D eigenvalue weighted by atomic mass is 32.1. The van der Waals surface area contributed by atoms with Crippen molar-refractivity contribution < 1.29 is 0 Å². The van der Waals surface area contributed by atoms with Crippen molar-refractivity contribution in [2.45, 2.75) is 25.7 Å². The van der Waals surface area contributed by atoms with Crippen molar-refractivity contribution in [3.05, 3.63) is 91.4 Å². The number of allylic oxidation sites excluding steroid dienone is 5. The quantitative estimate of drug-likeness (QED) is 0.482. The number of nitrogens with zero attached hydrogens (tertiary/aromatic N) is 4. The van der Waals surface area contributed by atoms with Gasteiger partial charge in [0.15, 0.2) is 0 Å². The lowest BCUT2D eigenvalue weighted by Gasteiger charge is -2.14. The Bertz CT molecular complexity index is 1230. The van der Waals surface area contributed by atoms with Crippen LogP contribution in [0.5, 0.6) is 0 Å². The zero-order valence-electron chi connectivity index (χ0n) is 16.5.